The quantitative estimate of drug-likeness (QED) is 0.229. The largest absolute Gasteiger partial charge is 0.110 e. The van der Waals surface area contributed by atoms with E-state index in [-0.39, 0.29) is 0 Å². The van der Waals surface area contributed by atoms with Crippen LogP contribution in [0.3, 0.4) is 0 Å². The van der Waals surface area contributed by atoms with E-state index in [0.717, 1.165) is 11.8 Å². The highest BCUT2D eigenvalue weighted by molar-refractivity contribution is 7.96. The van der Waals surface area contributed by atoms with Crippen LogP contribution in [-0.4, -0.2) is 17.3 Å². The van der Waals surface area contributed by atoms with Crippen molar-refractivity contribution in [2.45, 2.75) is 98.8 Å². The third-order valence-electron chi connectivity index (χ3n) is 4.53. The molecule has 128 valence electrons. The molecule has 0 aromatic rings. The normalized spacial score (nSPS) is 15.9. The van der Waals surface area contributed by atoms with Crippen molar-refractivity contribution in [1.29, 1.82) is 0 Å². The molecule has 3 unspecified atom stereocenters. The first-order valence-corrected chi connectivity index (χ1v) is 11.5. The Morgan fingerprint density at radius 3 is 1.67 bits per heavy atom. The Hall–Kier alpha value is 0.350. The summed E-state index contributed by atoms with van der Waals surface area (Å²) in [6.07, 6.45) is 14.4. The van der Waals surface area contributed by atoms with Gasteiger partial charge in [-0.05, 0) is 30.7 Å². The molecule has 0 aromatic heterocycles. The number of unbranched alkanes of at least 4 members (excludes halogenated alkanes) is 6. The first-order valence-electron chi connectivity index (χ1n) is 9.78. The molecule has 0 saturated carbocycles. The Balaban J connectivity index is 3.62. The third-order valence-corrected chi connectivity index (χ3v) is 7.43. The fourth-order valence-corrected chi connectivity index (χ4v) is 5.77. The fraction of sp³-hybridized carbons (Fsp3) is 1.00. The van der Waals surface area contributed by atoms with Gasteiger partial charge in [-0.15, -0.1) is 0 Å². The summed E-state index contributed by atoms with van der Waals surface area (Å²) in [4.78, 5) is 0. The molecule has 0 aliphatic rings. The molecular weight excluding hydrogens is 272 g/mol. The van der Waals surface area contributed by atoms with E-state index in [4.69, 9.17) is 0 Å². The average Bonchev–Trinajstić information content (AvgIpc) is 2.45. The number of hydrogen-bond acceptors (Lipinski definition) is 0. The highest BCUT2D eigenvalue weighted by atomic mass is 32.2. The standard InChI is InChI=1S/C20H43S/c1-6-9-10-11-12-13-14-16-20(5)18-21(8-3)17-19(4)15-7-2/h19-20H,6-18H2,1-5H3/q+1. The molecule has 0 N–H and O–H groups in total. The summed E-state index contributed by atoms with van der Waals surface area (Å²) >= 11 is 0. The zero-order valence-corrected chi connectivity index (χ0v) is 16.6. The SMILES string of the molecule is CCCCCCCCCC(C)C[S+](CC)CC(C)CCC. The lowest BCUT2D eigenvalue weighted by molar-refractivity contribution is 0.513. The number of hydrogen-bond donors (Lipinski definition) is 0. The molecule has 0 rings (SSSR count). The van der Waals surface area contributed by atoms with E-state index in [0.29, 0.717) is 10.9 Å². The van der Waals surface area contributed by atoms with Crippen LogP contribution in [0, 0.1) is 11.8 Å². The van der Waals surface area contributed by atoms with Crippen molar-refractivity contribution in [3.63, 3.8) is 0 Å². The molecule has 0 radical (unpaired) electrons. The van der Waals surface area contributed by atoms with E-state index in [9.17, 15) is 0 Å². The molecule has 1 heteroatoms. The summed E-state index contributed by atoms with van der Waals surface area (Å²) in [5.41, 5.74) is 0. The van der Waals surface area contributed by atoms with Gasteiger partial charge in [0.15, 0.2) is 0 Å². The molecule has 0 spiro atoms. The predicted octanol–water partition coefficient (Wildman–Crippen LogP) is 6.84. The van der Waals surface area contributed by atoms with E-state index >= 15 is 0 Å². The van der Waals surface area contributed by atoms with Gasteiger partial charge < -0.3 is 0 Å². The summed E-state index contributed by atoms with van der Waals surface area (Å²) in [5, 5.41) is 0. The zero-order chi connectivity index (χ0) is 15.9. The highest BCUT2D eigenvalue weighted by Gasteiger charge is 2.22. The van der Waals surface area contributed by atoms with E-state index in [1.165, 1.54) is 81.5 Å². The summed E-state index contributed by atoms with van der Waals surface area (Å²) in [7, 11) is 0.695. The lowest BCUT2D eigenvalue weighted by atomic mass is 10.0. The molecule has 0 aliphatic heterocycles. The van der Waals surface area contributed by atoms with E-state index in [1.54, 1.807) is 0 Å². The van der Waals surface area contributed by atoms with Crippen LogP contribution in [0.1, 0.15) is 98.8 Å². The van der Waals surface area contributed by atoms with Crippen molar-refractivity contribution in [1.82, 2.24) is 0 Å². The molecule has 0 fully saturated rings. The molecule has 0 amide bonds. The van der Waals surface area contributed by atoms with Crippen LogP contribution in [0.5, 0.6) is 0 Å². The third kappa shape index (κ3) is 13.7. The minimum atomic E-state index is 0.695. The molecule has 0 saturated heterocycles. The monoisotopic (exact) mass is 315 g/mol. The summed E-state index contributed by atoms with van der Waals surface area (Å²) in [6, 6.07) is 0. The Bertz CT molecular complexity index is 202. The van der Waals surface area contributed by atoms with E-state index < -0.39 is 0 Å². The molecule has 0 aliphatic carbocycles. The second-order valence-corrected chi connectivity index (χ2v) is 9.61. The Morgan fingerprint density at radius 1 is 0.619 bits per heavy atom. The summed E-state index contributed by atoms with van der Waals surface area (Å²) in [6.45, 7) is 12.0. The zero-order valence-electron chi connectivity index (χ0n) is 15.8. The average molecular weight is 316 g/mol. The van der Waals surface area contributed by atoms with Crippen molar-refractivity contribution < 1.29 is 0 Å². The van der Waals surface area contributed by atoms with Crippen molar-refractivity contribution in [3.8, 4) is 0 Å². The van der Waals surface area contributed by atoms with Crippen molar-refractivity contribution in [2.75, 3.05) is 17.3 Å². The highest BCUT2D eigenvalue weighted by Crippen LogP contribution is 2.18. The Labute approximate surface area is 139 Å². The van der Waals surface area contributed by atoms with Gasteiger partial charge in [0, 0.05) is 11.8 Å². The van der Waals surface area contributed by atoms with Crippen LogP contribution in [0.4, 0.5) is 0 Å². The van der Waals surface area contributed by atoms with Gasteiger partial charge in [0.1, 0.15) is 17.3 Å². The molecule has 0 aromatic carbocycles. The van der Waals surface area contributed by atoms with Gasteiger partial charge in [-0.25, -0.2) is 0 Å². The van der Waals surface area contributed by atoms with Gasteiger partial charge in [-0.3, -0.25) is 0 Å². The first-order chi connectivity index (χ1) is 10.1. The molecule has 21 heavy (non-hydrogen) atoms. The topological polar surface area (TPSA) is 0 Å². The van der Waals surface area contributed by atoms with Gasteiger partial charge in [-0.1, -0.05) is 79.1 Å². The number of rotatable bonds is 15. The molecule has 0 heterocycles. The summed E-state index contributed by atoms with van der Waals surface area (Å²) in [5.74, 6) is 6.31. The lowest BCUT2D eigenvalue weighted by Gasteiger charge is -2.16. The van der Waals surface area contributed by atoms with Crippen LogP contribution < -0.4 is 0 Å². The fourth-order valence-electron chi connectivity index (χ4n) is 3.22. The predicted molar refractivity (Wildman–Crippen MR) is 103 cm³/mol. The molecule has 0 bridgehead atoms. The van der Waals surface area contributed by atoms with Crippen LogP contribution in [0.2, 0.25) is 0 Å². The molecule has 0 nitrogen and oxygen atoms in total. The van der Waals surface area contributed by atoms with Crippen LogP contribution in [0.15, 0.2) is 0 Å². The van der Waals surface area contributed by atoms with Gasteiger partial charge in [0.05, 0.1) is 0 Å². The summed E-state index contributed by atoms with van der Waals surface area (Å²) < 4.78 is 0. The minimum Gasteiger partial charge on any atom is -0.0654 e. The Kier molecular flexibility index (Phi) is 15.5. The first kappa shape index (κ1) is 21.4. The van der Waals surface area contributed by atoms with Gasteiger partial charge >= 0.3 is 0 Å². The van der Waals surface area contributed by atoms with E-state index in [1.807, 2.05) is 0 Å². The van der Waals surface area contributed by atoms with Crippen molar-refractivity contribution in [3.05, 3.63) is 0 Å². The maximum absolute atomic E-state index is 2.50. The maximum atomic E-state index is 2.50. The lowest BCUT2D eigenvalue weighted by Crippen LogP contribution is -2.23. The molecular formula is C20H43S+. The van der Waals surface area contributed by atoms with Crippen molar-refractivity contribution in [2.24, 2.45) is 11.8 Å². The Morgan fingerprint density at radius 2 is 1.14 bits per heavy atom. The van der Waals surface area contributed by atoms with Crippen LogP contribution >= 0.6 is 0 Å². The molecule has 3 atom stereocenters. The van der Waals surface area contributed by atoms with Crippen LogP contribution in [0.25, 0.3) is 0 Å². The van der Waals surface area contributed by atoms with Gasteiger partial charge in [-0.2, -0.15) is 0 Å². The maximum Gasteiger partial charge on any atom is 0.110 e. The van der Waals surface area contributed by atoms with Crippen molar-refractivity contribution >= 4 is 10.9 Å². The van der Waals surface area contributed by atoms with E-state index in [2.05, 4.69) is 34.6 Å². The van der Waals surface area contributed by atoms with Gasteiger partial charge in [0.25, 0.3) is 0 Å². The van der Waals surface area contributed by atoms with Crippen LogP contribution in [-0.2, 0) is 10.9 Å². The minimum absolute atomic E-state index is 0.695. The second kappa shape index (κ2) is 15.3. The second-order valence-electron chi connectivity index (χ2n) is 7.14. The smallest absolute Gasteiger partial charge is 0.0654 e. The van der Waals surface area contributed by atoms with Gasteiger partial charge in [0.2, 0.25) is 0 Å².